The van der Waals surface area contributed by atoms with Crippen LogP contribution in [0.25, 0.3) is 11.1 Å². The molecule has 3 aromatic rings. The Morgan fingerprint density at radius 3 is 2.10 bits per heavy atom. The van der Waals surface area contributed by atoms with Crippen LogP contribution in [0.1, 0.15) is 22.6 Å². The van der Waals surface area contributed by atoms with Crippen molar-refractivity contribution in [3.05, 3.63) is 94.5 Å². The van der Waals surface area contributed by atoms with Crippen molar-refractivity contribution in [2.24, 2.45) is 0 Å². The Kier molecular flexibility index (Phi) is 3.05. The standard InChI is InChI=1S/C20H14Cl/c21-15-7-5-6-14(12-15)13-20-18-10-3-1-8-16(18)17-9-2-4-11-19(17)20/h1-6,8-12,20H,13H2. The predicted octanol–water partition coefficient (Wildman–Crippen LogP) is 5.50. The van der Waals surface area contributed by atoms with Crippen molar-refractivity contribution in [3.63, 3.8) is 0 Å². The Morgan fingerprint density at radius 2 is 1.48 bits per heavy atom. The van der Waals surface area contributed by atoms with Gasteiger partial charge in [-0.15, -0.1) is 0 Å². The number of benzene rings is 3. The molecule has 0 unspecified atom stereocenters. The van der Waals surface area contributed by atoms with Crippen molar-refractivity contribution >= 4 is 11.6 Å². The zero-order valence-electron chi connectivity index (χ0n) is 11.5. The number of hydrogen-bond donors (Lipinski definition) is 0. The van der Waals surface area contributed by atoms with Crippen LogP contribution in [0.3, 0.4) is 0 Å². The monoisotopic (exact) mass is 289 g/mol. The molecule has 0 amide bonds. The number of hydrogen-bond acceptors (Lipinski definition) is 0. The second-order valence-corrected chi connectivity index (χ2v) is 5.88. The zero-order chi connectivity index (χ0) is 14.2. The SMILES string of the molecule is Clc1[c]ccc(CC2c3ccccc3-c3ccccc32)c1. The highest BCUT2D eigenvalue weighted by molar-refractivity contribution is 6.30. The highest BCUT2D eigenvalue weighted by Crippen LogP contribution is 2.45. The van der Waals surface area contributed by atoms with E-state index >= 15 is 0 Å². The predicted molar refractivity (Wildman–Crippen MR) is 87.7 cm³/mol. The van der Waals surface area contributed by atoms with Gasteiger partial charge in [0, 0.05) is 17.0 Å². The second kappa shape index (κ2) is 5.05. The largest absolute Gasteiger partial charge is 0.0837 e. The Balaban J connectivity index is 1.82. The minimum absolute atomic E-state index is 0.413. The molecule has 0 saturated carbocycles. The van der Waals surface area contributed by atoms with Gasteiger partial charge in [0.15, 0.2) is 0 Å². The van der Waals surface area contributed by atoms with Crippen LogP contribution in [0.2, 0.25) is 5.02 Å². The molecule has 0 atom stereocenters. The van der Waals surface area contributed by atoms with Gasteiger partial charge in [0.1, 0.15) is 0 Å². The molecule has 101 valence electrons. The van der Waals surface area contributed by atoms with Crippen molar-refractivity contribution in [2.45, 2.75) is 12.3 Å². The van der Waals surface area contributed by atoms with Crippen LogP contribution in [0, 0.1) is 6.07 Å². The Morgan fingerprint density at radius 1 is 0.857 bits per heavy atom. The Hall–Kier alpha value is -2.05. The third kappa shape index (κ3) is 2.16. The molecule has 0 nitrogen and oxygen atoms in total. The summed E-state index contributed by atoms with van der Waals surface area (Å²) in [6.07, 6.45) is 0.975. The quantitative estimate of drug-likeness (QED) is 0.585. The average molecular weight is 290 g/mol. The van der Waals surface area contributed by atoms with Gasteiger partial charge in [0.2, 0.25) is 0 Å². The molecule has 0 N–H and O–H groups in total. The highest BCUT2D eigenvalue weighted by Gasteiger charge is 2.27. The smallest absolute Gasteiger partial charge is 0.0487 e. The van der Waals surface area contributed by atoms with Crippen molar-refractivity contribution in [1.29, 1.82) is 0 Å². The molecule has 1 aliphatic rings. The van der Waals surface area contributed by atoms with E-state index in [0.29, 0.717) is 10.9 Å². The van der Waals surface area contributed by atoms with Crippen LogP contribution in [0.5, 0.6) is 0 Å². The first-order chi connectivity index (χ1) is 10.3. The van der Waals surface area contributed by atoms with Gasteiger partial charge in [0.05, 0.1) is 0 Å². The first-order valence-corrected chi connectivity index (χ1v) is 7.55. The molecule has 0 aliphatic heterocycles. The first kappa shape index (κ1) is 12.7. The number of fused-ring (bicyclic) bond motifs is 3. The summed E-state index contributed by atoms with van der Waals surface area (Å²) in [5.41, 5.74) is 6.83. The molecule has 0 bridgehead atoms. The fraction of sp³-hybridized carbons (Fsp3) is 0.100. The lowest BCUT2D eigenvalue weighted by atomic mass is 9.90. The summed E-state index contributed by atoms with van der Waals surface area (Å²) in [5.74, 6) is 0.413. The molecular formula is C20H14Cl. The molecule has 0 aromatic heterocycles. The summed E-state index contributed by atoms with van der Waals surface area (Å²) >= 11 is 6.08. The topological polar surface area (TPSA) is 0 Å². The van der Waals surface area contributed by atoms with Gasteiger partial charge in [-0.25, -0.2) is 0 Å². The van der Waals surface area contributed by atoms with Gasteiger partial charge in [-0.3, -0.25) is 0 Å². The lowest BCUT2D eigenvalue weighted by Gasteiger charge is -2.14. The minimum Gasteiger partial charge on any atom is -0.0837 e. The van der Waals surface area contributed by atoms with Crippen molar-refractivity contribution < 1.29 is 0 Å². The number of halogens is 1. The van der Waals surface area contributed by atoms with E-state index in [1.165, 1.54) is 27.8 Å². The summed E-state index contributed by atoms with van der Waals surface area (Å²) < 4.78 is 0. The summed E-state index contributed by atoms with van der Waals surface area (Å²) in [5, 5.41) is 0.687. The van der Waals surface area contributed by atoms with E-state index in [9.17, 15) is 0 Å². The van der Waals surface area contributed by atoms with Gasteiger partial charge in [-0.2, -0.15) is 0 Å². The molecule has 0 heterocycles. The average Bonchev–Trinajstić information content (AvgIpc) is 2.83. The van der Waals surface area contributed by atoms with Crippen LogP contribution in [0.4, 0.5) is 0 Å². The number of rotatable bonds is 2. The van der Waals surface area contributed by atoms with Crippen LogP contribution < -0.4 is 0 Å². The summed E-state index contributed by atoms with van der Waals surface area (Å²) in [6.45, 7) is 0. The Labute approximate surface area is 130 Å². The first-order valence-electron chi connectivity index (χ1n) is 7.17. The fourth-order valence-electron chi connectivity index (χ4n) is 3.32. The minimum atomic E-state index is 0.413. The Bertz CT molecular complexity index is 759. The van der Waals surface area contributed by atoms with E-state index in [0.717, 1.165) is 6.42 Å². The van der Waals surface area contributed by atoms with E-state index in [4.69, 9.17) is 11.6 Å². The van der Waals surface area contributed by atoms with Crippen LogP contribution in [-0.4, -0.2) is 0 Å². The van der Waals surface area contributed by atoms with Gasteiger partial charge >= 0.3 is 0 Å². The molecule has 0 saturated heterocycles. The van der Waals surface area contributed by atoms with E-state index in [1.807, 2.05) is 12.1 Å². The van der Waals surface area contributed by atoms with E-state index in [1.54, 1.807) is 0 Å². The van der Waals surface area contributed by atoms with Gasteiger partial charge in [-0.05, 0) is 40.3 Å². The molecule has 1 heteroatoms. The van der Waals surface area contributed by atoms with Crippen molar-refractivity contribution in [1.82, 2.24) is 0 Å². The zero-order valence-corrected chi connectivity index (χ0v) is 12.3. The summed E-state index contributed by atoms with van der Waals surface area (Å²) in [4.78, 5) is 0. The summed E-state index contributed by atoms with van der Waals surface area (Å²) in [7, 11) is 0. The van der Waals surface area contributed by atoms with Crippen LogP contribution in [0.15, 0.2) is 66.7 Å². The second-order valence-electron chi connectivity index (χ2n) is 5.48. The maximum atomic E-state index is 6.08. The van der Waals surface area contributed by atoms with Crippen LogP contribution >= 0.6 is 11.6 Å². The molecule has 1 aliphatic carbocycles. The summed E-state index contributed by atoms with van der Waals surface area (Å²) in [6, 6.07) is 26.5. The van der Waals surface area contributed by atoms with E-state index in [-0.39, 0.29) is 0 Å². The molecule has 4 rings (SSSR count). The third-order valence-corrected chi connectivity index (χ3v) is 4.45. The molecule has 3 aromatic carbocycles. The fourth-order valence-corrected chi connectivity index (χ4v) is 3.53. The molecule has 21 heavy (non-hydrogen) atoms. The van der Waals surface area contributed by atoms with Gasteiger partial charge in [0.25, 0.3) is 0 Å². The van der Waals surface area contributed by atoms with Gasteiger partial charge < -0.3 is 0 Å². The normalized spacial score (nSPS) is 13.0. The molecular weight excluding hydrogens is 276 g/mol. The lowest BCUT2D eigenvalue weighted by molar-refractivity contribution is 0.827. The maximum absolute atomic E-state index is 6.08. The van der Waals surface area contributed by atoms with Gasteiger partial charge in [-0.1, -0.05) is 72.3 Å². The molecule has 0 fully saturated rings. The third-order valence-electron chi connectivity index (χ3n) is 4.23. The molecule has 0 spiro atoms. The van der Waals surface area contributed by atoms with E-state index < -0.39 is 0 Å². The lowest BCUT2D eigenvalue weighted by Crippen LogP contribution is -2.01. The van der Waals surface area contributed by atoms with E-state index in [2.05, 4.69) is 60.7 Å². The molecule has 1 radical (unpaired) electrons. The van der Waals surface area contributed by atoms with Crippen molar-refractivity contribution in [2.75, 3.05) is 0 Å². The van der Waals surface area contributed by atoms with Crippen molar-refractivity contribution in [3.8, 4) is 11.1 Å². The maximum Gasteiger partial charge on any atom is 0.0487 e. The van der Waals surface area contributed by atoms with Crippen LogP contribution in [-0.2, 0) is 6.42 Å². The highest BCUT2D eigenvalue weighted by atomic mass is 35.5.